The van der Waals surface area contributed by atoms with Gasteiger partial charge in [-0.05, 0) is 31.5 Å². The third kappa shape index (κ3) is 4.24. The van der Waals surface area contributed by atoms with Crippen LogP contribution < -0.4 is 0 Å². The van der Waals surface area contributed by atoms with E-state index in [9.17, 15) is 4.39 Å². The van der Waals surface area contributed by atoms with Gasteiger partial charge in [0.15, 0.2) is 0 Å². The lowest BCUT2D eigenvalue weighted by atomic mass is 10.0. The van der Waals surface area contributed by atoms with E-state index in [1.54, 1.807) is 13.2 Å². The molecule has 0 saturated carbocycles. The molecule has 0 aliphatic carbocycles. The predicted octanol–water partition coefficient (Wildman–Crippen LogP) is 2.32. The van der Waals surface area contributed by atoms with Gasteiger partial charge in [-0.3, -0.25) is 4.90 Å². The maximum absolute atomic E-state index is 13.7. The first-order valence-corrected chi connectivity index (χ1v) is 7.01. The highest BCUT2D eigenvalue weighted by atomic mass is 19.1. The quantitative estimate of drug-likeness (QED) is 0.854. The van der Waals surface area contributed by atoms with Gasteiger partial charge in [0, 0.05) is 26.7 Å². The summed E-state index contributed by atoms with van der Waals surface area (Å²) in [6.45, 7) is 6.79. The summed E-state index contributed by atoms with van der Waals surface area (Å²) in [5.74, 6) is -0.462. The van der Waals surface area contributed by atoms with Crippen molar-refractivity contribution in [1.29, 1.82) is 5.26 Å². The van der Waals surface area contributed by atoms with Crippen molar-refractivity contribution in [3.05, 3.63) is 35.1 Å². The van der Waals surface area contributed by atoms with E-state index in [1.165, 1.54) is 12.1 Å². The second-order valence-electron chi connectivity index (χ2n) is 6.05. The van der Waals surface area contributed by atoms with Gasteiger partial charge in [-0.15, -0.1) is 0 Å². The predicted molar refractivity (Wildman–Crippen MR) is 77.2 cm³/mol. The zero-order valence-corrected chi connectivity index (χ0v) is 12.7. The van der Waals surface area contributed by atoms with Crippen LogP contribution in [0.15, 0.2) is 18.2 Å². The Morgan fingerprint density at radius 3 is 2.90 bits per heavy atom. The van der Waals surface area contributed by atoms with E-state index in [2.05, 4.69) is 4.90 Å². The van der Waals surface area contributed by atoms with Crippen LogP contribution in [0.1, 0.15) is 25.0 Å². The first-order chi connectivity index (χ1) is 9.93. The Labute approximate surface area is 125 Å². The summed E-state index contributed by atoms with van der Waals surface area (Å²) in [7, 11) is 1.66. The molecule has 21 heavy (non-hydrogen) atoms. The van der Waals surface area contributed by atoms with Crippen LogP contribution in [-0.4, -0.2) is 43.4 Å². The topological polar surface area (TPSA) is 45.5 Å². The number of ether oxygens (including phenoxy) is 2. The molecule has 4 nitrogen and oxygen atoms in total. The second kappa shape index (κ2) is 6.52. The van der Waals surface area contributed by atoms with Crippen molar-refractivity contribution >= 4 is 0 Å². The highest BCUT2D eigenvalue weighted by Crippen LogP contribution is 2.23. The van der Waals surface area contributed by atoms with Gasteiger partial charge in [0.2, 0.25) is 0 Å². The summed E-state index contributed by atoms with van der Waals surface area (Å²) in [5, 5.41) is 8.76. The van der Waals surface area contributed by atoms with Crippen LogP contribution in [0.5, 0.6) is 0 Å². The van der Waals surface area contributed by atoms with Gasteiger partial charge in [0.1, 0.15) is 11.9 Å². The van der Waals surface area contributed by atoms with Crippen LogP contribution in [0.4, 0.5) is 4.39 Å². The summed E-state index contributed by atoms with van der Waals surface area (Å²) in [6.07, 6.45) is 0.0157. The van der Waals surface area contributed by atoms with Gasteiger partial charge in [-0.2, -0.15) is 5.26 Å². The largest absolute Gasteiger partial charge is 0.382 e. The summed E-state index contributed by atoms with van der Waals surface area (Å²) in [5.41, 5.74) is 0.686. The fraction of sp³-hybridized carbons (Fsp3) is 0.562. The van der Waals surface area contributed by atoms with Crippen molar-refractivity contribution in [1.82, 2.24) is 4.90 Å². The number of benzene rings is 1. The first kappa shape index (κ1) is 15.9. The average molecular weight is 292 g/mol. The van der Waals surface area contributed by atoms with E-state index < -0.39 is 5.82 Å². The number of morpholine rings is 1. The van der Waals surface area contributed by atoms with E-state index in [0.717, 1.165) is 18.7 Å². The number of hydrogen-bond acceptors (Lipinski definition) is 4. The molecule has 0 aromatic heterocycles. The van der Waals surface area contributed by atoms with E-state index >= 15 is 0 Å². The second-order valence-corrected chi connectivity index (χ2v) is 6.05. The Kier molecular flexibility index (Phi) is 4.94. The number of nitriles is 1. The fourth-order valence-electron chi connectivity index (χ4n) is 2.82. The molecule has 1 heterocycles. The van der Waals surface area contributed by atoms with Gasteiger partial charge < -0.3 is 9.47 Å². The third-order valence-corrected chi connectivity index (χ3v) is 3.46. The van der Waals surface area contributed by atoms with E-state index in [0.29, 0.717) is 13.2 Å². The van der Waals surface area contributed by atoms with Gasteiger partial charge in [-0.25, -0.2) is 4.39 Å². The monoisotopic (exact) mass is 292 g/mol. The summed E-state index contributed by atoms with van der Waals surface area (Å²) in [4.78, 5) is 2.23. The number of nitrogens with zero attached hydrogens (tertiary/aromatic N) is 2. The lowest BCUT2D eigenvalue weighted by Gasteiger charge is -2.42. The Morgan fingerprint density at radius 1 is 1.52 bits per heavy atom. The SMILES string of the molecule is COC[C@@H]1CN(Cc2ccc(C#N)c(F)c2)CC(C)(C)O1. The van der Waals surface area contributed by atoms with Crippen molar-refractivity contribution in [2.24, 2.45) is 0 Å². The Hall–Kier alpha value is -1.48. The van der Waals surface area contributed by atoms with Crippen LogP contribution in [0.2, 0.25) is 0 Å². The van der Waals surface area contributed by atoms with Crippen molar-refractivity contribution in [3.63, 3.8) is 0 Å². The molecule has 0 unspecified atom stereocenters. The fourth-order valence-corrected chi connectivity index (χ4v) is 2.82. The molecule has 2 rings (SSSR count). The minimum Gasteiger partial charge on any atom is -0.382 e. The molecule has 0 N–H and O–H groups in total. The van der Waals surface area contributed by atoms with Crippen molar-refractivity contribution < 1.29 is 13.9 Å². The normalized spacial score (nSPS) is 22.0. The standard InChI is InChI=1S/C16H21FN2O2/c1-16(2)11-19(9-14(21-16)10-20-3)8-12-4-5-13(7-18)15(17)6-12/h4-6,14H,8-11H2,1-3H3/t14-/m0/s1. The minimum atomic E-state index is -0.462. The molecule has 114 valence electrons. The number of methoxy groups -OCH3 is 1. The van der Waals surface area contributed by atoms with Gasteiger partial charge in [-0.1, -0.05) is 6.07 Å². The van der Waals surface area contributed by atoms with Gasteiger partial charge in [0.05, 0.1) is 23.9 Å². The summed E-state index contributed by atoms with van der Waals surface area (Å²) < 4.78 is 24.8. The first-order valence-electron chi connectivity index (χ1n) is 7.01. The smallest absolute Gasteiger partial charge is 0.141 e. The molecular weight excluding hydrogens is 271 g/mol. The van der Waals surface area contributed by atoms with Crippen LogP contribution >= 0.6 is 0 Å². The summed E-state index contributed by atoms with van der Waals surface area (Å²) >= 11 is 0. The lowest BCUT2D eigenvalue weighted by Crippen LogP contribution is -2.53. The highest BCUT2D eigenvalue weighted by Gasteiger charge is 2.33. The van der Waals surface area contributed by atoms with Crippen LogP contribution in [-0.2, 0) is 16.0 Å². The van der Waals surface area contributed by atoms with Gasteiger partial charge >= 0.3 is 0 Å². The highest BCUT2D eigenvalue weighted by molar-refractivity contribution is 5.33. The number of rotatable bonds is 4. The minimum absolute atomic E-state index is 0.0157. The third-order valence-electron chi connectivity index (χ3n) is 3.46. The molecule has 1 aliphatic heterocycles. The molecule has 1 atom stereocenters. The molecule has 0 radical (unpaired) electrons. The van der Waals surface area contributed by atoms with Crippen LogP contribution in [0.25, 0.3) is 0 Å². The molecule has 1 aliphatic rings. The van der Waals surface area contributed by atoms with Crippen LogP contribution in [0.3, 0.4) is 0 Å². The molecule has 1 saturated heterocycles. The molecule has 1 aromatic rings. The molecule has 0 amide bonds. The van der Waals surface area contributed by atoms with E-state index in [4.69, 9.17) is 14.7 Å². The molecule has 1 aromatic carbocycles. The zero-order valence-electron chi connectivity index (χ0n) is 12.7. The van der Waals surface area contributed by atoms with Crippen LogP contribution in [0, 0.1) is 17.1 Å². The molecule has 5 heteroatoms. The lowest BCUT2D eigenvalue weighted by molar-refractivity contribution is -0.154. The maximum Gasteiger partial charge on any atom is 0.141 e. The Morgan fingerprint density at radius 2 is 2.29 bits per heavy atom. The van der Waals surface area contributed by atoms with E-state index in [-0.39, 0.29) is 17.3 Å². The summed E-state index contributed by atoms with van der Waals surface area (Å²) in [6, 6.07) is 6.61. The molecular formula is C16H21FN2O2. The Balaban J connectivity index is 2.07. The molecule has 0 spiro atoms. The number of halogens is 1. The zero-order chi connectivity index (χ0) is 15.5. The van der Waals surface area contributed by atoms with Gasteiger partial charge in [0.25, 0.3) is 0 Å². The van der Waals surface area contributed by atoms with Crippen molar-refractivity contribution in [3.8, 4) is 6.07 Å². The molecule has 1 fully saturated rings. The number of hydrogen-bond donors (Lipinski definition) is 0. The van der Waals surface area contributed by atoms with E-state index in [1.807, 2.05) is 19.9 Å². The maximum atomic E-state index is 13.7. The van der Waals surface area contributed by atoms with Crippen molar-refractivity contribution in [2.45, 2.75) is 32.1 Å². The molecule has 0 bridgehead atoms. The van der Waals surface area contributed by atoms with Crippen molar-refractivity contribution in [2.75, 3.05) is 26.8 Å². The Bertz CT molecular complexity index is 540. The average Bonchev–Trinajstić information content (AvgIpc) is 2.37.